The van der Waals surface area contributed by atoms with Crippen LogP contribution >= 0.6 is 11.8 Å². The highest BCUT2D eigenvalue weighted by Gasteiger charge is 2.17. The Morgan fingerprint density at radius 2 is 2.25 bits per heavy atom. The Bertz CT molecular complexity index is 892. The van der Waals surface area contributed by atoms with E-state index in [0.29, 0.717) is 23.2 Å². The zero-order valence-corrected chi connectivity index (χ0v) is 13.8. The minimum Gasteiger partial charge on any atom is -0.353 e. The number of nitrogens with zero attached hydrogens (tertiary/aromatic N) is 4. The van der Waals surface area contributed by atoms with Crippen molar-refractivity contribution in [2.24, 2.45) is 0 Å². The summed E-state index contributed by atoms with van der Waals surface area (Å²) in [7, 11) is 0. The van der Waals surface area contributed by atoms with Gasteiger partial charge in [-0.2, -0.15) is 10.3 Å². The summed E-state index contributed by atoms with van der Waals surface area (Å²) in [5, 5.41) is 14.2. The highest BCUT2D eigenvalue weighted by molar-refractivity contribution is 7.99. The van der Waals surface area contributed by atoms with Crippen LogP contribution in [0, 0.1) is 0 Å². The van der Waals surface area contributed by atoms with Crippen molar-refractivity contribution in [1.29, 1.82) is 0 Å². The van der Waals surface area contributed by atoms with Gasteiger partial charge in [0.1, 0.15) is 11.1 Å². The van der Waals surface area contributed by atoms with Crippen LogP contribution in [0.3, 0.4) is 0 Å². The van der Waals surface area contributed by atoms with Gasteiger partial charge in [0, 0.05) is 12.3 Å². The van der Waals surface area contributed by atoms with Crippen molar-refractivity contribution in [2.45, 2.75) is 18.0 Å². The second kappa shape index (κ2) is 7.26. The van der Waals surface area contributed by atoms with E-state index < -0.39 is 6.04 Å². The summed E-state index contributed by atoms with van der Waals surface area (Å²) in [5.41, 5.74) is 0.399. The SMILES string of the molecule is CC(C(=O)NCCSc1cn[nH]n1)n1cnc2ccccc2c1=O. The highest BCUT2D eigenvalue weighted by Crippen LogP contribution is 2.11. The molecule has 1 unspecified atom stereocenters. The van der Waals surface area contributed by atoms with E-state index in [2.05, 4.69) is 25.7 Å². The monoisotopic (exact) mass is 344 g/mol. The number of nitrogens with one attached hydrogen (secondary N) is 2. The molecule has 1 atom stereocenters. The molecule has 0 radical (unpaired) electrons. The van der Waals surface area contributed by atoms with E-state index in [-0.39, 0.29) is 11.5 Å². The average Bonchev–Trinajstić information content (AvgIpc) is 3.12. The number of rotatable bonds is 6. The molecule has 2 aromatic heterocycles. The van der Waals surface area contributed by atoms with Gasteiger partial charge in [-0.15, -0.1) is 16.9 Å². The van der Waals surface area contributed by atoms with Gasteiger partial charge in [0.2, 0.25) is 5.91 Å². The topological polar surface area (TPSA) is 106 Å². The van der Waals surface area contributed by atoms with Gasteiger partial charge >= 0.3 is 0 Å². The quantitative estimate of drug-likeness (QED) is 0.510. The molecule has 0 saturated carbocycles. The number of hydrogen-bond donors (Lipinski definition) is 2. The maximum Gasteiger partial charge on any atom is 0.261 e. The van der Waals surface area contributed by atoms with Gasteiger partial charge in [-0.1, -0.05) is 12.1 Å². The van der Waals surface area contributed by atoms with Crippen molar-refractivity contribution in [3.05, 3.63) is 47.1 Å². The minimum absolute atomic E-state index is 0.222. The van der Waals surface area contributed by atoms with E-state index >= 15 is 0 Å². The fourth-order valence-electron chi connectivity index (χ4n) is 2.22. The van der Waals surface area contributed by atoms with Gasteiger partial charge in [0.05, 0.1) is 23.4 Å². The summed E-state index contributed by atoms with van der Waals surface area (Å²) in [6, 6.07) is 6.45. The van der Waals surface area contributed by atoms with E-state index in [1.807, 2.05) is 6.07 Å². The Hall–Kier alpha value is -2.68. The van der Waals surface area contributed by atoms with Crippen LogP contribution in [0.1, 0.15) is 13.0 Å². The standard InChI is InChI=1S/C15H16N6O2S/c1-10(14(22)16-6-7-24-13-8-18-20-19-13)21-9-17-12-5-3-2-4-11(12)15(21)23/h2-5,8-10H,6-7H2,1H3,(H,16,22)(H,18,19,20). The van der Waals surface area contributed by atoms with Crippen LogP contribution in [0.4, 0.5) is 0 Å². The molecule has 0 aliphatic carbocycles. The Balaban J connectivity index is 1.63. The molecule has 2 heterocycles. The van der Waals surface area contributed by atoms with Crippen molar-refractivity contribution in [1.82, 2.24) is 30.3 Å². The van der Waals surface area contributed by atoms with Crippen molar-refractivity contribution in [2.75, 3.05) is 12.3 Å². The summed E-state index contributed by atoms with van der Waals surface area (Å²) >= 11 is 1.48. The molecule has 2 N–H and O–H groups in total. The van der Waals surface area contributed by atoms with E-state index in [1.54, 1.807) is 31.3 Å². The normalized spacial score (nSPS) is 12.2. The molecule has 0 bridgehead atoms. The fraction of sp³-hybridized carbons (Fsp3) is 0.267. The highest BCUT2D eigenvalue weighted by atomic mass is 32.2. The van der Waals surface area contributed by atoms with E-state index in [4.69, 9.17) is 0 Å². The van der Waals surface area contributed by atoms with Crippen LogP contribution in [0.25, 0.3) is 10.9 Å². The van der Waals surface area contributed by atoms with Crippen molar-refractivity contribution < 1.29 is 4.79 Å². The van der Waals surface area contributed by atoms with Crippen molar-refractivity contribution >= 4 is 28.6 Å². The maximum atomic E-state index is 12.5. The number of aromatic amines is 1. The molecule has 24 heavy (non-hydrogen) atoms. The first-order valence-corrected chi connectivity index (χ1v) is 8.37. The number of aromatic nitrogens is 5. The van der Waals surface area contributed by atoms with Crippen LogP contribution < -0.4 is 10.9 Å². The molecule has 124 valence electrons. The molecule has 0 spiro atoms. The van der Waals surface area contributed by atoms with Gasteiger partial charge in [-0.25, -0.2) is 4.98 Å². The van der Waals surface area contributed by atoms with Crippen LogP contribution in [-0.2, 0) is 4.79 Å². The van der Waals surface area contributed by atoms with Crippen LogP contribution in [0.5, 0.6) is 0 Å². The Morgan fingerprint density at radius 3 is 3.04 bits per heavy atom. The molecule has 0 aliphatic heterocycles. The molecule has 3 aromatic rings. The van der Waals surface area contributed by atoms with Gasteiger partial charge in [0.25, 0.3) is 5.56 Å². The smallest absolute Gasteiger partial charge is 0.261 e. The molecule has 9 heteroatoms. The lowest BCUT2D eigenvalue weighted by Gasteiger charge is -2.15. The summed E-state index contributed by atoms with van der Waals surface area (Å²) in [5.74, 6) is 0.436. The van der Waals surface area contributed by atoms with Gasteiger partial charge in [0.15, 0.2) is 0 Å². The molecule has 8 nitrogen and oxygen atoms in total. The van der Waals surface area contributed by atoms with Gasteiger partial charge in [-0.05, 0) is 19.1 Å². The molecule has 0 fully saturated rings. The molecule has 3 rings (SSSR count). The number of fused-ring (bicyclic) bond motifs is 1. The first kappa shape index (κ1) is 16.2. The Kier molecular flexibility index (Phi) is 4.90. The summed E-state index contributed by atoms with van der Waals surface area (Å²) < 4.78 is 1.35. The number of hydrogen-bond acceptors (Lipinski definition) is 6. The second-order valence-corrected chi connectivity index (χ2v) is 6.21. The molecule has 0 aliphatic rings. The number of benzene rings is 1. The maximum absolute atomic E-state index is 12.5. The van der Waals surface area contributed by atoms with E-state index in [9.17, 15) is 9.59 Å². The Labute approximate surface area is 141 Å². The number of amides is 1. The second-order valence-electron chi connectivity index (χ2n) is 5.10. The zero-order valence-electron chi connectivity index (χ0n) is 13.0. The number of H-pyrrole nitrogens is 1. The third-order valence-corrected chi connectivity index (χ3v) is 4.43. The van der Waals surface area contributed by atoms with Gasteiger partial charge < -0.3 is 5.32 Å². The van der Waals surface area contributed by atoms with Crippen LogP contribution in [-0.4, -0.2) is 43.2 Å². The number of carbonyl (C=O) groups excluding carboxylic acids is 1. The predicted octanol–water partition coefficient (Wildman–Crippen LogP) is 0.984. The molecular weight excluding hydrogens is 328 g/mol. The molecular formula is C15H16N6O2S. The molecule has 1 aromatic carbocycles. The first-order valence-electron chi connectivity index (χ1n) is 7.39. The van der Waals surface area contributed by atoms with Crippen LogP contribution in [0.15, 0.2) is 46.6 Å². The zero-order chi connectivity index (χ0) is 16.9. The number of para-hydroxylation sites is 1. The minimum atomic E-state index is -0.633. The van der Waals surface area contributed by atoms with Crippen molar-refractivity contribution in [3.8, 4) is 0 Å². The third kappa shape index (κ3) is 3.46. The number of carbonyl (C=O) groups is 1. The predicted molar refractivity (Wildman–Crippen MR) is 90.8 cm³/mol. The lowest BCUT2D eigenvalue weighted by atomic mass is 10.2. The first-order chi connectivity index (χ1) is 11.7. The van der Waals surface area contributed by atoms with Gasteiger partial charge in [-0.3, -0.25) is 14.2 Å². The molecule has 0 saturated heterocycles. The summed E-state index contributed by atoms with van der Waals surface area (Å²) in [6.07, 6.45) is 3.04. The largest absolute Gasteiger partial charge is 0.353 e. The van der Waals surface area contributed by atoms with E-state index in [1.165, 1.54) is 22.7 Å². The fourth-order valence-corrected chi connectivity index (χ4v) is 2.87. The number of thioether (sulfide) groups is 1. The average molecular weight is 344 g/mol. The lowest BCUT2D eigenvalue weighted by Crippen LogP contribution is -2.36. The lowest BCUT2D eigenvalue weighted by molar-refractivity contribution is -0.123. The molecule has 1 amide bonds. The van der Waals surface area contributed by atoms with E-state index in [0.717, 1.165) is 5.03 Å². The Morgan fingerprint density at radius 1 is 1.42 bits per heavy atom. The van der Waals surface area contributed by atoms with Crippen LogP contribution in [0.2, 0.25) is 0 Å². The third-order valence-electron chi connectivity index (χ3n) is 3.53. The van der Waals surface area contributed by atoms with Crippen molar-refractivity contribution in [3.63, 3.8) is 0 Å². The summed E-state index contributed by atoms with van der Waals surface area (Å²) in [4.78, 5) is 29.0. The summed E-state index contributed by atoms with van der Waals surface area (Å²) in [6.45, 7) is 2.15.